The number of hydrogen-bond acceptors (Lipinski definition) is 4. The van der Waals surface area contributed by atoms with Gasteiger partial charge in [0.15, 0.2) is 0 Å². The molecule has 0 aliphatic carbocycles. The van der Waals surface area contributed by atoms with Gasteiger partial charge < -0.3 is 20.4 Å². The summed E-state index contributed by atoms with van der Waals surface area (Å²) in [4.78, 5) is 21.2. The highest BCUT2D eigenvalue weighted by atomic mass is 16.4. The Labute approximate surface area is 119 Å². The molecular weight excluding hydrogens is 264 g/mol. The molecule has 0 aromatic heterocycles. The van der Waals surface area contributed by atoms with Crippen LogP contribution < -0.4 is 0 Å². The van der Waals surface area contributed by atoms with Crippen LogP contribution in [0.25, 0.3) is 0 Å². The Bertz CT molecular complexity index is 279. The molecule has 0 heterocycles. The van der Waals surface area contributed by atoms with Crippen molar-refractivity contribution in [3.05, 3.63) is 0 Å². The molecule has 0 radical (unpaired) electrons. The average molecular weight is 290 g/mol. The van der Waals surface area contributed by atoms with Crippen LogP contribution in [0.1, 0.15) is 57.8 Å². The van der Waals surface area contributed by atoms with Gasteiger partial charge in [0, 0.05) is 6.42 Å². The molecule has 4 N–H and O–H groups in total. The first-order chi connectivity index (χ1) is 9.49. The van der Waals surface area contributed by atoms with Gasteiger partial charge in [0.05, 0.1) is 18.6 Å². The third-order valence-electron chi connectivity index (χ3n) is 3.37. The minimum atomic E-state index is -1.19. The lowest BCUT2D eigenvalue weighted by molar-refractivity contribution is -0.147. The second kappa shape index (κ2) is 11.7. The van der Waals surface area contributed by atoms with E-state index in [2.05, 4.69) is 0 Å². The summed E-state index contributed by atoms with van der Waals surface area (Å²) in [7, 11) is 0. The van der Waals surface area contributed by atoms with E-state index in [1.54, 1.807) is 0 Å². The number of carboxylic acid groups (broad SMARTS) is 2. The van der Waals surface area contributed by atoms with Crippen LogP contribution >= 0.6 is 0 Å². The van der Waals surface area contributed by atoms with E-state index in [4.69, 9.17) is 15.3 Å². The fourth-order valence-electron chi connectivity index (χ4n) is 2.13. The first-order valence-corrected chi connectivity index (χ1v) is 7.22. The number of carbonyl (C=O) groups is 2. The number of hydrogen-bond donors (Lipinski definition) is 4. The third-order valence-corrected chi connectivity index (χ3v) is 3.37. The van der Waals surface area contributed by atoms with Crippen molar-refractivity contribution in [1.29, 1.82) is 0 Å². The number of aliphatic carboxylic acids is 2. The molecule has 118 valence electrons. The predicted molar refractivity (Wildman–Crippen MR) is 73.4 cm³/mol. The van der Waals surface area contributed by atoms with Gasteiger partial charge in [-0.2, -0.15) is 0 Å². The topological polar surface area (TPSA) is 115 Å². The molecule has 6 nitrogen and oxygen atoms in total. The molecule has 0 bridgehead atoms. The summed E-state index contributed by atoms with van der Waals surface area (Å²) in [6, 6.07) is 0. The summed E-state index contributed by atoms with van der Waals surface area (Å²) < 4.78 is 0. The van der Waals surface area contributed by atoms with E-state index < -0.39 is 30.6 Å². The van der Waals surface area contributed by atoms with Crippen LogP contribution in [0.5, 0.6) is 0 Å². The summed E-state index contributed by atoms with van der Waals surface area (Å²) >= 11 is 0. The van der Waals surface area contributed by atoms with Crippen LogP contribution in [0.15, 0.2) is 0 Å². The van der Waals surface area contributed by atoms with Crippen LogP contribution in [0.4, 0.5) is 0 Å². The summed E-state index contributed by atoms with van der Waals surface area (Å²) in [5.74, 6) is -2.72. The molecule has 2 atom stereocenters. The minimum Gasteiger partial charge on any atom is -0.481 e. The third kappa shape index (κ3) is 9.75. The zero-order valence-corrected chi connectivity index (χ0v) is 11.8. The van der Waals surface area contributed by atoms with Crippen LogP contribution in [-0.2, 0) is 9.59 Å². The molecule has 6 heteroatoms. The molecule has 0 saturated heterocycles. The van der Waals surface area contributed by atoms with Crippen LogP contribution in [0.2, 0.25) is 0 Å². The van der Waals surface area contributed by atoms with Gasteiger partial charge >= 0.3 is 11.9 Å². The van der Waals surface area contributed by atoms with E-state index in [0.717, 1.165) is 32.1 Å². The largest absolute Gasteiger partial charge is 0.481 e. The molecule has 0 amide bonds. The Morgan fingerprint density at radius 1 is 0.850 bits per heavy atom. The summed E-state index contributed by atoms with van der Waals surface area (Å²) in [6.45, 7) is -0.527. The molecule has 0 aliphatic heterocycles. The fraction of sp³-hybridized carbons (Fsp3) is 0.857. The van der Waals surface area contributed by atoms with Crippen molar-refractivity contribution in [2.75, 3.05) is 6.61 Å². The van der Waals surface area contributed by atoms with Crippen LogP contribution in [0.3, 0.4) is 0 Å². The number of rotatable bonds is 13. The quantitative estimate of drug-likeness (QED) is 0.383. The van der Waals surface area contributed by atoms with E-state index in [-0.39, 0.29) is 6.42 Å². The van der Waals surface area contributed by atoms with Gasteiger partial charge in [-0.15, -0.1) is 0 Å². The Morgan fingerprint density at radius 2 is 1.35 bits per heavy atom. The van der Waals surface area contributed by atoms with Crippen molar-refractivity contribution in [3.63, 3.8) is 0 Å². The van der Waals surface area contributed by atoms with Crippen molar-refractivity contribution in [2.24, 2.45) is 5.92 Å². The Hall–Kier alpha value is -1.14. The van der Waals surface area contributed by atoms with Gasteiger partial charge in [0.2, 0.25) is 0 Å². The molecule has 0 fully saturated rings. The maximum atomic E-state index is 10.9. The summed E-state index contributed by atoms with van der Waals surface area (Å²) in [5.41, 5.74) is 0. The standard InChI is InChI=1S/C14H26O6/c15-10-12(16)11(14(19)20)8-6-4-2-1-3-5-7-9-13(17)18/h11-12,15-16H,1-10H2,(H,17,18)(H,19,20). The molecule has 0 aliphatic rings. The number of carboxylic acids is 2. The normalized spacial score (nSPS) is 13.9. The van der Waals surface area contributed by atoms with Crippen molar-refractivity contribution in [2.45, 2.75) is 63.9 Å². The van der Waals surface area contributed by atoms with Gasteiger partial charge in [-0.1, -0.05) is 38.5 Å². The monoisotopic (exact) mass is 290 g/mol. The molecular formula is C14H26O6. The highest BCUT2D eigenvalue weighted by Gasteiger charge is 2.24. The molecule has 0 spiro atoms. The smallest absolute Gasteiger partial charge is 0.309 e. The number of aliphatic hydroxyl groups is 2. The van der Waals surface area contributed by atoms with Gasteiger partial charge in [0.1, 0.15) is 0 Å². The molecule has 20 heavy (non-hydrogen) atoms. The van der Waals surface area contributed by atoms with Crippen molar-refractivity contribution in [1.82, 2.24) is 0 Å². The first-order valence-electron chi connectivity index (χ1n) is 7.22. The van der Waals surface area contributed by atoms with Gasteiger partial charge in [-0.3, -0.25) is 9.59 Å². The van der Waals surface area contributed by atoms with E-state index in [1.807, 2.05) is 0 Å². The lowest BCUT2D eigenvalue weighted by Crippen LogP contribution is -2.30. The van der Waals surface area contributed by atoms with Crippen LogP contribution in [-0.4, -0.2) is 45.1 Å². The van der Waals surface area contributed by atoms with E-state index in [1.165, 1.54) is 0 Å². The maximum Gasteiger partial charge on any atom is 0.309 e. The zero-order chi connectivity index (χ0) is 15.4. The van der Waals surface area contributed by atoms with Gasteiger partial charge in [-0.05, 0) is 12.8 Å². The van der Waals surface area contributed by atoms with Crippen molar-refractivity contribution >= 4 is 11.9 Å². The van der Waals surface area contributed by atoms with Gasteiger partial charge in [-0.25, -0.2) is 0 Å². The molecule has 0 rings (SSSR count). The average Bonchev–Trinajstić information content (AvgIpc) is 2.39. The SMILES string of the molecule is O=C(O)CCCCCCCCCC(C(=O)O)C(O)CO. The lowest BCUT2D eigenvalue weighted by Gasteiger charge is -2.16. The zero-order valence-electron chi connectivity index (χ0n) is 11.8. The van der Waals surface area contributed by atoms with E-state index in [0.29, 0.717) is 19.3 Å². The summed E-state index contributed by atoms with van der Waals surface area (Å²) in [6.07, 6.45) is 5.61. The highest BCUT2D eigenvalue weighted by Crippen LogP contribution is 2.16. The second-order valence-electron chi connectivity index (χ2n) is 5.10. The number of unbranched alkanes of at least 4 members (excludes halogenated alkanes) is 6. The molecule has 0 aromatic rings. The minimum absolute atomic E-state index is 0.222. The van der Waals surface area contributed by atoms with Crippen LogP contribution in [0, 0.1) is 5.92 Å². The van der Waals surface area contributed by atoms with Crippen molar-refractivity contribution in [3.8, 4) is 0 Å². The van der Waals surface area contributed by atoms with Gasteiger partial charge in [0.25, 0.3) is 0 Å². The Balaban J connectivity index is 3.50. The Kier molecular flexibility index (Phi) is 11.0. The fourth-order valence-corrected chi connectivity index (χ4v) is 2.13. The maximum absolute atomic E-state index is 10.9. The van der Waals surface area contributed by atoms with Crippen molar-refractivity contribution < 1.29 is 30.0 Å². The molecule has 2 unspecified atom stereocenters. The molecule has 0 aromatic carbocycles. The predicted octanol–water partition coefficient (Wildman–Crippen LogP) is 1.64. The lowest BCUT2D eigenvalue weighted by atomic mass is 9.95. The Morgan fingerprint density at radius 3 is 1.80 bits per heavy atom. The second-order valence-corrected chi connectivity index (χ2v) is 5.10. The molecule has 0 saturated carbocycles. The van der Waals surface area contributed by atoms with E-state index in [9.17, 15) is 14.7 Å². The highest BCUT2D eigenvalue weighted by molar-refractivity contribution is 5.70. The number of aliphatic hydroxyl groups excluding tert-OH is 2. The first kappa shape index (κ1) is 18.9. The summed E-state index contributed by atoms with van der Waals surface area (Å²) in [5, 5.41) is 35.5. The van der Waals surface area contributed by atoms with E-state index >= 15 is 0 Å².